The number of morpholine rings is 1. The normalized spacial score (nSPS) is 21.6. The average molecular weight is 367 g/mol. The number of rotatable bonds is 2. The van der Waals surface area contributed by atoms with Crippen LogP contribution in [0.25, 0.3) is 10.8 Å². The first-order valence-electron chi connectivity index (χ1n) is 9.54. The Bertz CT molecular complexity index is 858. The van der Waals surface area contributed by atoms with Crippen molar-refractivity contribution in [2.24, 2.45) is 0 Å². The molecule has 6 heteroatoms. The third kappa shape index (κ3) is 3.16. The van der Waals surface area contributed by atoms with Crippen LogP contribution in [0.1, 0.15) is 38.1 Å². The third-order valence-electron chi connectivity index (χ3n) is 5.99. The molecule has 0 aromatic heterocycles. The third-order valence-corrected chi connectivity index (χ3v) is 5.99. The largest absolute Gasteiger partial charge is 0.495 e. The van der Waals surface area contributed by atoms with Crippen LogP contribution in [0.4, 0.5) is 0 Å². The van der Waals surface area contributed by atoms with Crippen molar-refractivity contribution in [3.63, 3.8) is 0 Å². The van der Waals surface area contributed by atoms with Gasteiger partial charge in [-0.3, -0.25) is 4.79 Å². The van der Waals surface area contributed by atoms with Gasteiger partial charge in [0.05, 0.1) is 24.4 Å². The van der Waals surface area contributed by atoms with Crippen molar-refractivity contribution in [1.82, 2.24) is 4.90 Å². The standard InChI is InChI=1S/C21H26BNO4/c1-20(2)21(3,4)27-22(26-20)18-10-6-7-15-16(18)8-5-9-17(15)19(24)23-11-13-25-14-12-23/h5-10H,11-14H2,1-4H3. The Kier molecular flexibility index (Phi) is 4.53. The minimum absolute atomic E-state index is 0.0509. The van der Waals surface area contributed by atoms with Crippen LogP contribution in [0, 0.1) is 0 Å². The maximum absolute atomic E-state index is 13.1. The van der Waals surface area contributed by atoms with Crippen molar-refractivity contribution in [1.29, 1.82) is 0 Å². The van der Waals surface area contributed by atoms with Crippen LogP contribution >= 0.6 is 0 Å². The van der Waals surface area contributed by atoms with Crippen molar-refractivity contribution in [3.8, 4) is 0 Å². The summed E-state index contributed by atoms with van der Waals surface area (Å²) in [6.07, 6.45) is 0. The molecule has 2 aromatic carbocycles. The Morgan fingerprint density at radius 2 is 1.52 bits per heavy atom. The van der Waals surface area contributed by atoms with Gasteiger partial charge in [-0.1, -0.05) is 30.3 Å². The molecule has 5 nitrogen and oxygen atoms in total. The fourth-order valence-corrected chi connectivity index (χ4v) is 3.63. The number of hydrogen-bond donors (Lipinski definition) is 0. The highest BCUT2D eigenvalue weighted by Crippen LogP contribution is 2.37. The Balaban J connectivity index is 1.74. The molecule has 0 bridgehead atoms. The van der Waals surface area contributed by atoms with Gasteiger partial charge in [0.15, 0.2) is 0 Å². The Morgan fingerprint density at radius 3 is 2.19 bits per heavy atom. The molecule has 142 valence electrons. The zero-order valence-corrected chi connectivity index (χ0v) is 16.5. The topological polar surface area (TPSA) is 48.0 Å². The van der Waals surface area contributed by atoms with Crippen molar-refractivity contribution < 1.29 is 18.8 Å². The molecule has 0 aliphatic carbocycles. The molecular formula is C21H26BNO4. The van der Waals surface area contributed by atoms with Crippen LogP contribution in [0.3, 0.4) is 0 Å². The van der Waals surface area contributed by atoms with Crippen LogP contribution < -0.4 is 5.46 Å². The van der Waals surface area contributed by atoms with E-state index in [0.717, 1.165) is 16.2 Å². The molecule has 2 saturated heterocycles. The van der Waals surface area contributed by atoms with Gasteiger partial charge in [-0.25, -0.2) is 0 Å². The molecule has 2 heterocycles. The first-order valence-corrected chi connectivity index (χ1v) is 9.54. The van der Waals surface area contributed by atoms with Gasteiger partial charge in [-0.05, 0) is 50.0 Å². The Hall–Kier alpha value is -1.89. The van der Waals surface area contributed by atoms with Crippen LogP contribution in [0.2, 0.25) is 0 Å². The number of nitrogens with zero attached hydrogens (tertiary/aromatic N) is 1. The second kappa shape index (κ2) is 6.62. The summed E-state index contributed by atoms with van der Waals surface area (Å²) in [4.78, 5) is 14.9. The quantitative estimate of drug-likeness (QED) is 0.766. The van der Waals surface area contributed by atoms with Crippen molar-refractivity contribution in [2.45, 2.75) is 38.9 Å². The number of carbonyl (C=O) groups excluding carboxylic acids is 1. The maximum Gasteiger partial charge on any atom is 0.495 e. The second-order valence-corrected chi connectivity index (χ2v) is 8.24. The highest BCUT2D eigenvalue weighted by Gasteiger charge is 2.52. The van der Waals surface area contributed by atoms with Gasteiger partial charge in [0.25, 0.3) is 5.91 Å². The lowest BCUT2D eigenvalue weighted by Gasteiger charge is -2.32. The number of amides is 1. The van der Waals surface area contributed by atoms with Gasteiger partial charge in [-0.15, -0.1) is 0 Å². The molecule has 27 heavy (non-hydrogen) atoms. The molecule has 0 saturated carbocycles. The van der Waals surface area contributed by atoms with Crippen molar-refractivity contribution in [2.75, 3.05) is 26.3 Å². The zero-order chi connectivity index (χ0) is 19.2. The maximum atomic E-state index is 13.1. The molecule has 2 aliphatic heterocycles. The zero-order valence-electron chi connectivity index (χ0n) is 16.5. The summed E-state index contributed by atoms with van der Waals surface area (Å²) in [5.74, 6) is 0.0509. The number of benzene rings is 2. The van der Waals surface area contributed by atoms with E-state index in [1.807, 2.05) is 69.0 Å². The fraction of sp³-hybridized carbons (Fsp3) is 0.476. The summed E-state index contributed by atoms with van der Waals surface area (Å²) in [7, 11) is -0.451. The summed E-state index contributed by atoms with van der Waals surface area (Å²) in [6, 6.07) is 11.9. The van der Waals surface area contributed by atoms with Crippen LogP contribution in [-0.4, -0.2) is 55.4 Å². The van der Waals surface area contributed by atoms with E-state index in [-0.39, 0.29) is 5.91 Å². The number of carbonyl (C=O) groups is 1. The van der Waals surface area contributed by atoms with E-state index in [4.69, 9.17) is 14.0 Å². The van der Waals surface area contributed by atoms with Gasteiger partial charge < -0.3 is 18.9 Å². The van der Waals surface area contributed by atoms with Crippen LogP contribution in [0.15, 0.2) is 36.4 Å². The first kappa shape index (κ1) is 18.5. The molecule has 0 unspecified atom stereocenters. The molecule has 0 spiro atoms. The van der Waals surface area contributed by atoms with E-state index in [2.05, 4.69) is 0 Å². The molecule has 1 amide bonds. The van der Waals surface area contributed by atoms with Crippen molar-refractivity contribution >= 4 is 29.3 Å². The van der Waals surface area contributed by atoms with E-state index in [1.165, 1.54) is 0 Å². The molecule has 0 N–H and O–H groups in total. The predicted octanol–water partition coefficient (Wildman–Crippen LogP) is 2.61. The minimum atomic E-state index is -0.451. The lowest BCUT2D eigenvalue weighted by Crippen LogP contribution is -2.41. The Morgan fingerprint density at radius 1 is 0.926 bits per heavy atom. The highest BCUT2D eigenvalue weighted by molar-refractivity contribution is 6.65. The summed E-state index contributed by atoms with van der Waals surface area (Å²) in [5, 5.41) is 1.93. The van der Waals surface area contributed by atoms with Gasteiger partial charge in [-0.2, -0.15) is 0 Å². The molecule has 0 atom stereocenters. The SMILES string of the molecule is CC1(C)OB(c2cccc3c(C(=O)N4CCOCC4)cccc23)OC1(C)C. The summed E-state index contributed by atoms with van der Waals surface area (Å²) >= 11 is 0. The van der Waals surface area contributed by atoms with E-state index >= 15 is 0 Å². The molecule has 2 aromatic rings. The molecule has 2 aliphatic rings. The smallest absolute Gasteiger partial charge is 0.399 e. The first-order chi connectivity index (χ1) is 12.8. The fourth-order valence-electron chi connectivity index (χ4n) is 3.63. The van der Waals surface area contributed by atoms with E-state index in [9.17, 15) is 4.79 Å². The predicted molar refractivity (Wildman–Crippen MR) is 106 cm³/mol. The average Bonchev–Trinajstić information content (AvgIpc) is 2.88. The number of fused-ring (bicyclic) bond motifs is 1. The minimum Gasteiger partial charge on any atom is -0.399 e. The number of ether oxygens (including phenoxy) is 1. The molecular weight excluding hydrogens is 341 g/mol. The van der Waals surface area contributed by atoms with Crippen LogP contribution in [0.5, 0.6) is 0 Å². The molecule has 2 fully saturated rings. The van der Waals surface area contributed by atoms with Gasteiger partial charge >= 0.3 is 7.12 Å². The van der Waals surface area contributed by atoms with E-state index < -0.39 is 18.3 Å². The molecule has 4 rings (SSSR count). The highest BCUT2D eigenvalue weighted by atomic mass is 16.7. The van der Waals surface area contributed by atoms with E-state index in [1.54, 1.807) is 0 Å². The monoisotopic (exact) mass is 367 g/mol. The lowest BCUT2D eigenvalue weighted by molar-refractivity contribution is 0.00578. The van der Waals surface area contributed by atoms with Gasteiger partial charge in [0, 0.05) is 18.7 Å². The summed E-state index contributed by atoms with van der Waals surface area (Å²) in [6.45, 7) is 10.6. The number of hydrogen-bond acceptors (Lipinski definition) is 4. The second-order valence-electron chi connectivity index (χ2n) is 8.24. The summed E-state index contributed by atoms with van der Waals surface area (Å²) < 4.78 is 17.9. The summed E-state index contributed by atoms with van der Waals surface area (Å²) in [5.41, 5.74) is 0.873. The van der Waals surface area contributed by atoms with Crippen molar-refractivity contribution in [3.05, 3.63) is 42.0 Å². The van der Waals surface area contributed by atoms with Crippen LogP contribution in [-0.2, 0) is 14.0 Å². The molecule has 0 radical (unpaired) electrons. The van der Waals surface area contributed by atoms with Gasteiger partial charge in [0.1, 0.15) is 0 Å². The lowest BCUT2D eigenvalue weighted by atomic mass is 9.75. The van der Waals surface area contributed by atoms with E-state index in [0.29, 0.717) is 31.9 Å². The van der Waals surface area contributed by atoms with Gasteiger partial charge in [0.2, 0.25) is 0 Å². The Labute approximate surface area is 160 Å².